The van der Waals surface area contributed by atoms with Crippen molar-refractivity contribution in [1.29, 1.82) is 0 Å². The molecule has 1 aliphatic heterocycles. The first-order valence-electron chi connectivity index (χ1n) is 7.43. The molecule has 2 N–H and O–H groups in total. The quantitative estimate of drug-likeness (QED) is 0.856. The number of nitrogens with zero attached hydrogens (tertiary/aromatic N) is 1. The molecule has 0 aromatic heterocycles. The van der Waals surface area contributed by atoms with E-state index in [2.05, 4.69) is 30.0 Å². The van der Waals surface area contributed by atoms with Crippen LogP contribution < -0.4 is 10.5 Å². The smallest absolute Gasteiger partial charge is 0.119 e. The topological polar surface area (TPSA) is 38.5 Å². The van der Waals surface area contributed by atoms with Crippen molar-refractivity contribution in [3.05, 3.63) is 29.3 Å². The number of hydrogen-bond acceptors (Lipinski definition) is 3. The van der Waals surface area contributed by atoms with Gasteiger partial charge in [-0.2, -0.15) is 0 Å². The maximum atomic E-state index is 5.81. The van der Waals surface area contributed by atoms with Crippen molar-refractivity contribution in [2.24, 2.45) is 5.73 Å². The van der Waals surface area contributed by atoms with E-state index in [9.17, 15) is 0 Å². The molecular formula is C16H26N2O. The molecule has 0 radical (unpaired) electrons. The van der Waals surface area contributed by atoms with Gasteiger partial charge in [0.1, 0.15) is 5.75 Å². The standard InChI is InChI=1S/C16H26N2O/c1-3-19-14-6-7-15(13(2)12-14)16(8-9-17)18-10-4-5-11-18/h6-7,12,16H,3-5,8-11,17H2,1-2H3. The fraction of sp³-hybridized carbons (Fsp3) is 0.625. The zero-order chi connectivity index (χ0) is 13.7. The Bertz CT molecular complexity index is 400. The third-order valence-electron chi connectivity index (χ3n) is 3.93. The van der Waals surface area contributed by atoms with Crippen molar-refractivity contribution in [2.75, 3.05) is 26.2 Å². The summed E-state index contributed by atoms with van der Waals surface area (Å²) in [5.74, 6) is 0.969. The van der Waals surface area contributed by atoms with Crippen LogP contribution in [-0.4, -0.2) is 31.1 Å². The number of rotatable bonds is 6. The minimum absolute atomic E-state index is 0.475. The van der Waals surface area contributed by atoms with Gasteiger partial charge in [0, 0.05) is 6.04 Å². The van der Waals surface area contributed by atoms with Crippen LogP contribution in [0.5, 0.6) is 5.75 Å². The average molecular weight is 262 g/mol. The van der Waals surface area contributed by atoms with Crippen molar-refractivity contribution in [1.82, 2.24) is 4.90 Å². The maximum absolute atomic E-state index is 5.81. The first-order valence-corrected chi connectivity index (χ1v) is 7.43. The monoisotopic (exact) mass is 262 g/mol. The van der Waals surface area contributed by atoms with Crippen LogP contribution in [0.25, 0.3) is 0 Å². The van der Waals surface area contributed by atoms with Crippen molar-refractivity contribution in [3.63, 3.8) is 0 Å². The Morgan fingerprint density at radius 1 is 1.32 bits per heavy atom. The van der Waals surface area contributed by atoms with E-state index in [1.165, 1.54) is 37.1 Å². The Morgan fingerprint density at radius 2 is 2.05 bits per heavy atom. The Labute approximate surface area is 116 Å². The molecule has 1 aromatic rings. The molecule has 106 valence electrons. The summed E-state index contributed by atoms with van der Waals surface area (Å²) < 4.78 is 5.57. The second kappa shape index (κ2) is 6.92. The van der Waals surface area contributed by atoms with E-state index in [0.717, 1.165) is 25.3 Å². The molecule has 1 unspecified atom stereocenters. The minimum Gasteiger partial charge on any atom is -0.494 e. The minimum atomic E-state index is 0.475. The molecule has 3 heteroatoms. The first kappa shape index (κ1) is 14.4. The highest BCUT2D eigenvalue weighted by atomic mass is 16.5. The summed E-state index contributed by atoms with van der Waals surface area (Å²) >= 11 is 0. The predicted octanol–water partition coefficient (Wildman–Crippen LogP) is 2.88. The van der Waals surface area contributed by atoms with Gasteiger partial charge < -0.3 is 10.5 Å². The van der Waals surface area contributed by atoms with Crippen LogP contribution in [0.3, 0.4) is 0 Å². The SMILES string of the molecule is CCOc1ccc(C(CCN)N2CCCC2)c(C)c1. The number of nitrogens with two attached hydrogens (primary N) is 1. The Hall–Kier alpha value is -1.06. The molecule has 1 saturated heterocycles. The molecule has 2 rings (SSSR count). The highest BCUT2D eigenvalue weighted by Gasteiger charge is 2.24. The predicted molar refractivity (Wildman–Crippen MR) is 79.6 cm³/mol. The molecule has 0 saturated carbocycles. The van der Waals surface area contributed by atoms with Gasteiger partial charge in [-0.3, -0.25) is 4.90 Å². The zero-order valence-corrected chi connectivity index (χ0v) is 12.2. The second-order valence-corrected chi connectivity index (χ2v) is 5.29. The van der Waals surface area contributed by atoms with Crippen LogP contribution in [0.4, 0.5) is 0 Å². The summed E-state index contributed by atoms with van der Waals surface area (Å²) in [7, 11) is 0. The largest absolute Gasteiger partial charge is 0.494 e. The summed E-state index contributed by atoms with van der Waals surface area (Å²) in [6, 6.07) is 6.94. The molecule has 1 atom stereocenters. The third-order valence-corrected chi connectivity index (χ3v) is 3.93. The number of likely N-dealkylation sites (tertiary alicyclic amines) is 1. The Kier molecular flexibility index (Phi) is 5.23. The Morgan fingerprint density at radius 3 is 2.63 bits per heavy atom. The number of aryl methyl sites for hydroxylation is 1. The van der Waals surface area contributed by atoms with Crippen molar-refractivity contribution >= 4 is 0 Å². The molecular weight excluding hydrogens is 236 g/mol. The second-order valence-electron chi connectivity index (χ2n) is 5.29. The normalized spacial score (nSPS) is 17.6. The van der Waals surface area contributed by atoms with Gasteiger partial charge in [0.15, 0.2) is 0 Å². The molecule has 19 heavy (non-hydrogen) atoms. The van der Waals surface area contributed by atoms with Gasteiger partial charge in [-0.1, -0.05) is 6.07 Å². The lowest BCUT2D eigenvalue weighted by molar-refractivity contribution is 0.235. The van der Waals surface area contributed by atoms with E-state index in [-0.39, 0.29) is 0 Å². The molecule has 0 amide bonds. The third kappa shape index (κ3) is 3.48. The van der Waals surface area contributed by atoms with E-state index < -0.39 is 0 Å². The highest BCUT2D eigenvalue weighted by molar-refractivity contribution is 5.37. The van der Waals surface area contributed by atoms with Crippen LogP contribution in [0, 0.1) is 6.92 Å². The van der Waals surface area contributed by atoms with E-state index in [0.29, 0.717) is 6.04 Å². The van der Waals surface area contributed by atoms with Crippen LogP contribution >= 0.6 is 0 Å². The fourth-order valence-electron chi connectivity index (χ4n) is 3.02. The first-order chi connectivity index (χ1) is 9.26. The zero-order valence-electron chi connectivity index (χ0n) is 12.2. The van der Waals surface area contributed by atoms with Crippen LogP contribution in [0.2, 0.25) is 0 Å². The molecule has 1 aromatic carbocycles. The summed E-state index contributed by atoms with van der Waals surface area (Å²) in [4.78, 5) is 2.58. The summed E-state index contributed by atoms with van der Waals surface area (Å²) in [6.45, 7) is 8.07. The molecule has 0 bridgehead atoms. The molecule has 1 heterocycles. The molecule has 0 aliphatic carbocycles. The van der Waals surface area contributed by atoms with Crippen molar-refractivity contribution in [2.45, 2.75) is 39.2 Å². The average Bonchev–Trinajstić information content (AvgIpc) is 2.91. The molecule has 1 aliphatic rings. The molecule has 3 nitrogen and oxygen atoms in total. The van der Waals surface area contributed by atoms with Crippen LogP contribution in [0.1, 0.15) is 43.4 Å². The van der Waals surface area contributed by atoms with Crippen molar-refractivity contribution in [3.8, 4) is 5.75 Å². The lowest BCUT2D eigenvalue weighted by Gasteiger charge is -2.29. The molecule has 1 fully saturated rings. The van der Waals surface area contributed by atoms with Gasteiger partial charge >= 0.3 is 0 Å². The number of ether oxygens (including phenoxy) is 1. The van der Waals surface area contributed by atoms with Gasteiger partial charge in [-0.15, -0.1) is 0 Å². The maximum Gasteiger partial charge on any atom is 0.119 e. The van der Waals surface area contributed by atoms with E-state index in [1.807, 2.05) is 6.92 Å². The van der Waals surface area contributed by atoms with Gasteiger partial charge in [0.25, 0.3) is 0 Å². The van der Waals surface area contributed by atoms with Crippen LogP contribution in [-0.2, 0) is 0 Å². The van der Waals surface area contributed by atoms with E-state index in [4.69, 9.17) is 10.5 Å². The van der Waals surface area contributed by atoms with Gasteiger partial charge in [0.05, 0.1) is 6.61 Å². The van der Waals surface area contributed by atoms with Gasteiger partial charge in [-0.05, 0) is 76.0 Å². The van der Waals surface area contributed by atoms with Crippen molar-refractivity contribution < 1.29 is 4.74 Å². The number of hydrogen-bond donors (Lipinski definition) is 1. The lowest BCUT2D eigenvalue weighted by atomic mass is 9.97. The number of benzene rings is 1. The Balaban J connectivity index is 2.20. The van der Waals surface area contributed by atoms with E-state index >= 15 is 0 Å². The van der Waals surface area contributed by atoms with E-state index in [1.54, 1.807) is 0 Å². The summed E-state index contributed by atoms with van der Waals surface area (Å²) in [5, 5.41) is 0. The van der Waals surface area contributed by atoms with Gasteiger partial charge in [0.2, 0.25) is 0 Å². The summed E-state index contributed by atoms with van der Waals surface area (Å²) in [5.41, 5.74) is 8.54. The van der Waals surface area contributed by atoms with Crippen LogP contribution in [0.15, 0.2) is 18.2 Å². The fourth-order valence-corrected chi connectivity index (χ4v) is 3.02. The van der Waals surface area contributed by atoms with Gasteiger partial charge in [-0.25, -0.2) is 0 Å². The summed E-state index contributed by atoms with van der Waals surface area (Å²) in [6.07, 6.45) is 3.67. The molecule has 0 spiro atoms. The highest BCUT2D eigenvalue weighted by Crippen LogP contribution is 2.31. The lowest BCUT2D eigenvalue weighted by Crippen LogP contribution is -2.28.